The number of aromatic amines is 1. The van der Waals surface area contributed by atoms with Gasteiger partial charge in [-0.25, -0.2) is 14.6 Å². The molecular weight excluding hydrogens is 824 g/mol. The van der Waals surface area contributed by atoms with Crippen LogP contribution in [0, 0.1) is 18.8 Å². The van der Waals surface area contributed by atoms with Crippen molar-refractivity contribution in [3.8, 4) is 22.5 Å². The van der Waals surface area contributed by atoms with Crippen LogP contribution in [0.15, 0.2) is 60.7 Å². The second kappa shape index (κ2) is 19.8. The number of tetrazole rings is 1. The van der Waals surface area contributed by atoms with Crippen LogP contribution in [0.1, 0.15) is 93.9 Å². The zero-order chi connectivity index (χ0) is 45.5. The summed E-state index contributed by atoms with van der Waals surface area (Å²) in [6.45, 7) is 7.59. The van der Waals surface area contributed by atoms with Crippen molar-refractivity contribution in [2.24, 2.45) is 17.6 Å². The third-order valence-electron chi connectivity index (χ3n) is 11.3. The number of carbonyl (C=O) groups excluding carboxylic acids is 5. The lowest BCUT2D eigenvalue weighted by Crippen LogP contribution is -2.52. The summed E-state index contributed by atoms with van der Waals surface area (Å²) in [6, 6.07) is 16.4. The van der Waals surface area contributed by atoms with Crippen molar-refractivity contribution in [3.63, 3.8) is 0 Å². The number of H-pyrrole nitrogens is 1. The number of aryl methyl sites for hydroxylation is 1. The number of carbonyl (C=O) groups is 5. The van der Waals surface area contributed by atoms with E-state index in [2.05, 4.69) is 41.0 Å². The van der Waals surface area contributed by atoms with Gasteiger partial charge in [-0.2, -0.15) is 18.4 Å². The van der Waals surface area contributed by atoms with Crippen molar-refractivity contribution in [2.75, 3.05) is 11.4 Å². The fraction of sp³-hybridized carbons (Fsp3) is 0.477. The molecule has 0 spiro atoms. The maximum absolute atomic E-state index is 14.5. The Balaban J connectivity index is 1.12. The SMILES string of the molecule is Cc1nc(C(=O)NC2CCC(OC(=O)C(F)(F)F)CC2)ccc1-c1ccc(C[C@@H](C(N)=O)N(c2ccc(-c3nn[nH]n3)cc2)C(=O)[C@H]2CC[C@H](CNC(=O)OC(C)(C)C)CC2)cc1. The predicted molar refractivity (Wildman–Crippen MR) is 224 cm³/mol. The van der Waals surface area contributed by atoms with Gasteiger partial charge in [0.2, 0.25) is 17.6 Å². The number of aromatic nitrogens is 5. The quantitative estimate of drug-likeness (QED) is 0.112. The van der Waals surface area contributed by atoms with Crippen LogP contribution in [0.3, 0.4) is 0 Å². The Kier molecular flexibility index (Phi) is 14.5. The van der Waals surface area contributed by atoms with Crippen LogP contribution in [-0.4, -0.2) is 91.9 Å². The van der Waals surface area contributed by atoms with E-state index in [1.54, 1.807) is 64.1 Å². The molecule has 19 heteroatoms. The highest BCUT2D eigenvalue weighted by molar-refractivity contribution is 6.02. The maximum Gasteiger partial charge on any atom is 0.490 e. The van der Waals surface area contributed by atoms with Gasteiger partial charge >= 0.3 is 18.2 Å². The maximum atomic E-state index is 14.5. The number of alkyl carbamates (subject to hydrolysis) is 1. The molecule has 4 amide bonds. The van der Waals surface area contributed by atoms with E-state index in [-0.39, 0.29) is 42.8 Å². The van der Waals surface area contributed by atoms with E-state index in [9.17, 15) is 37.1 Å². The minimum absolute atomic E-state index is 0.117. The van der Waals surface area contributed by atoms with Crippen molar-refractivity contribution in [1.29, 1.82) is 0 Å². The van der Waals surface area contributed by atoms with Gasteiger partial charge in [0, 0.05) is 47.4 Å². The van der Waals surface area contributed by atoms with Gasteiger partial charge < -0.3 is 25.8 Å². The van der Waals surface area contributed by atoms with Crippen LogP contribution < -0.4 is 21.3 Å². The van der Waals surface area contributed by atoms with Gasteiger partial charge in [0.1, 0.15) is 23.4 Å². The Hall–Kier alpha value is -6.40. The zero-order valence-electron chi connectivity index (χ0n) is 35.5. The number of anilines is 1. The molecule has 6 rings (SSSR count). The summed E-state index contributed by atoms with van der Waals surface area (Å²) in [5.74, 6) is -3.42. The fourth-order valence-corrected chi connectivity index (χ4v) is 8.03. The molecule has 2 fully saturated rings. The van der Waals surface area contributed by atoms with Crippen LogP contribution in [0.2, 0.25) is 0 Å². The van der Waals surface area contributed by atoms with Crippen molar-refractivity contribution >= 4 is 35.5 Å². The second-order valence-electron chi connectivity index (χ2n) is 17.1. The molecule has 63 heavy (non-hydrogen) atoms. The van der Waals surface area contributed by atoms with Gasteiger partial charge in [0.25, 0.3) is 5.91 Å². The fourth-order valence-electron chi connectivity index (χ4n) is 8.03. The lowest BCUT2D eigenvalue weighted by atomic mass is 9.81. The summed E-state index contributed by atoms with van der Waals surface area (Å²) >= 11 is 0. The van der Waals surface area contributed by atoms with Crippen LogP contribution in [-0.2, 0) is 30.3 Å². The van der Waals surface area contributed by atoms with Crippen molar-refractivity contribution in [1.82, 2.24) is 36.2 Å². The smallest absolute Gasteiger partial charge is 0.456 e. The van der Waals surface area contributed by atoms with Crippen LogP contribution in [0.4, 0.5) is 23.7 Å². The number of rotatable bonds is 13. The third kappa shape index (κ3) is 12.4. The summed E-state index contributed by atoms with van der Waals surface area (Å²) in [6.07, 6.45) is -2.72. The normalized spacial score (nSPS) is 19.6. The standard InChI is InChI=1S/C44H52F3N9O7/c1-25-34(21-22-35(50-25)39(58)51-31-15-19-33(20-16-31)62-41(60)44(45,46)47)28-9-5-26(6-10-28)23-36(37(48)57)56(32-17-13-29(14-18-32)38-52-54-55-53-38)40(59)30-11-7-27(8-12-30)24-49-42(61)63-43(2,3)4/h5-6,9-10,13-14,17-18,21-22,27,30-31,33,36H,7-8,11-12,15-16,19-20,23-24H2,1-4H3,(H2,48,57)(H,49,61)(H,51,58)(H,52,53,54,55)/t27-,30-,31?,33?,36-/m0/s1. The molecule has 2 aliphatic carbocycles. The number of hydrogen-bond donors (Lipinski definition) is 4. The number of amides is 4. The highest BCUT2D eigenvalue weighted by atomic mass is 19.4. The van der Waals surface area contributed by atoms with Gasteiger partial charge in [0.05, 0.1) is 0 Å². The number of esters is 1. The number of alkyl halides is 3. The molecule has 0 radical (unpaired) electrons. The monoisotopic (exact) mass is 875 g/mol. The third-order valence-corrected chi connectivity index (χ3v) is 11.3. The minimum atomic E-state index is -5.05. The molecule has 2 saturated carbocycles. The van der Waals surface area contributed by atoms with Crippen molar-refractivity contribution in [2.45, 2.75) is 115 Å². The Labute approximate surface area is 362 Å². The van der Waals surface area contributed by atoms with Gasteiger partial charge in [-0.15, -0.1) is 10.2 Å². The number of hydrogen-bond acceptors (Lipinski definition) is 11. The van der Waals surface area contributed by atoms with Crippen LogP contribution in [0.5, 0.6) is 0 Å². The average molecular weight is 876 g/mol. The Bertz CT molecular complexity index is 2230. The summed E-state index contributed by atoms with van der Waals surface area (Å²) in [5.41, 5.74) is 9.64. The van der Waals surface area contributed by atoms with Gasteiger partial charge in [-0.3, -0.25) is 19.3 Å². The molecule has 0 bridgehead atoms. The van der Waals surface area contributed by atoms with Gasteiger partial charge in [-0.1, -0.05) is 30.3 Å². The second-order valence-corrected chi connectivity index (χ2v) is 17.1. The molecule has 1 atom stereocenters. The Morgan fingerprint density at radius 2 is 1.52 bits per heavy atom. The Morgan fingerprint density at radius 3 is 2.10 bits per heavy atom. The molecule has 0 saturated heterocycles. The summed E-state index contributed by atoms with van der Waals surface area (Å²) in [5, 5.41) is 19.8. The molecule has 16 nitrogen and oxygen atoms in total. The van der Waals surface area contributed by atoms with Gasteiger partial charge in [-0.05, 0) is 132 Å². The average Bonchev–Trinajstić information content (AvgIpc) is 3.78. The first kappa shape index (κ1) is 46.1. The zero-order valence-corrected chi connectivity index (χ0v) is 35.5. The van der Waals surface area contributed by atoms with E-state index in [0.29, 0.717) is 67.8 Å². The Morgan fingerprint density at radius 1 is 0.873 bits per heavy atom. The molecular formula is C44H52F3N9O7. The van der Waals surface area contributed by atoms with Gasteiger partial charge in [0.15, 0.2) is 0 Å². The van der Waals surface area contributed by atoms with E-state index >= 15 is 0 Å². The first-order valence-electron chi connectivity index (χ1n) is 20.9. The molecule has 2 heterocycles. The first-order chi connectivity index (χ1) is 29.8. The predicted octanol–water partition coefficient (Wildman–Crippen LogP) is 6.14. The van der Waals surface area contributed by atoms with E-state index in [0.717, 1.165) is 16.7 Å². The highest BCUT2D eigenvalue weighted by Gasteiger charge is 2.43. The number of halogens is 3. The topological polar surface area (TPSA) is 224 Å². The minimum Gasteiger partial charge on any atom is -0.456 e. The molecule has 0 aliphatic heterocycles. The van der Waals surface area contributed by atoms with E-state index in [4.69, 9.17) is 10.5 Å². The number of nitrogens with one attached hydrogen (secondary N) is 3. The van der Waals surface area contributed by atoms with E-state index < -0.39 is 53.7 Å². The van der Waals surface area contributed by atoms with Crippen molar-refractivity contribution < 1.29 is 46.6 Å². The number of ether oxygens (including phenoxy) is 2. The molecule has 2 aromatic heterocycles. The largest absolute Gasteiger partial charge is 0.490 e. The summed E-state index contributed by atoms with van der Waals surface area (Å²) < 4.78 is 47.7. The highest BCUT2D eigenvalue weighted by Crippen LogP contribution is 2.34. The molecule has 2 aromatic carbocycles. The molecule has 4 aromatic rings. The summed E-state index contributed by atoms with van der Waals surface area (Å²) in [4.78, 5) is 70.4. The molecule has 0 unspecified atom stereocenters. The lowest BCUT2D eigenvalue weighted by molar-refractivity contribution is -0.206. The van der Waals surface area contributed by atoms with Crippen molar-refractivity contribution in [3.05, 3.63) is 77.6 Å². The number of nitrogens with zero attached hydrogens (tertiary/aromatic N) is 5. The summed E-state index contributed by atoms with van der Waals surface area (Å²) in [7, 11) is 0. The molecule has 336 valence electrons. The molecule has 2 aliphatic rings. The number of nitrogens with two attached hydrogens (primary N) is 1. The lowest BCUT2D eigenvalue weighted by Gasteiger charge is -2.36. The molecule has 5 N–H and O–H groups in total. The van der Waals surface area contributed by atoms with E-state index in [1.807, 2.05) is 24.3 Å². The number of primary amides is 1. The van der Waals surface area contributed by atoms with E-state index in [1.165, 1.54) is 4.90 Å². The number of benzene rings is 2. The van der Waals surface area contributed by atoms with Crippen LogP contribution >= 0.6 is 0 Å². The van der Waals surface area contributed by atoms with Crippen LogP contribution in [0.25, 0.3) is 22.5 Å². The number of pyridine rings is 1. The first-order valence-corrected chi connectivity index (χ1v) is 20.9.